The van der Waals surface area contributed by atoms with Crippen LogP contribution in [0.4, 0.5) is 4.79 Å². The number of nitrogens with one attached hydrogen (secondary N) is 3. The van der Waals surface area contributed by atoms with Crippen molar-refractivity contribution in [3.05, 3.63) is 35.9 Å². The number of Topliss-reactive ketones (excluding diaryl/α,β-unsaturated/α-hetero) is 1. The lowest BCUT2D eigenvalue weighted by molar-refractivity contribution is -0.143. The molecule has 39 heavy (non-hydrogen) atoms. The van der Waals surface area contributed by atoms with Crippen molar-refractivity contribution in [2.24, 2.45) is 11.3 Å². The molecule has 2 aliphatic rings. The minimum absolute atomic E-state index is 0.0840. The summed E-state index contributed by atoms with van der Waals surface area (Å²) in [6, 6.07) is 6.31. The Bertz CT molecular complexity index is 1030. The van der Waals surface area contributed by atoms with Gasteiger partial charge >= 0.3 is 12.0 Å². The summed E-state index contributed by atoms with van der Waals surface area (Å²) in [5, 5.41) is 8.03. The van der Waals surface area contributed by atoms with Crippen LogP contribution < -0.4 is 16.0 Å². The summed E-state index contributed by atoms with van der Waals surface area (Å²) in [4.78, 5) is 65.2. The summed E-state index contributed by atoms with van der Waals surface area (Å²) in [5.41, 5.74) is 0.161. The van der Waals surface area contributed by atoms with Crippen LogP contribution in [0.5, 0.6) is 0 Å². The lowest BCUT2D eigenvalue weighted by Gasteiger charge is -2.36. The monoisotopic (exact) mass is 542 g/mol. The highest BCUT2D eigenvalue weighted by atomic mass is 16.5. The van der Waals surface area contributed by atoms with Crippen molar-refractivity contribution in [3.63, 3.8) is 0 Å². The number of urea groups is 1. The number of esters is 1. The third kappa shape index (κ3) is 8.80. The van der Waals surface area contributed by atoms with E-state index in [9.17, 15) is 24.0 Å². The van der Waals surface area contributed by atoms with Crippen LogP contribution >= 0.6 is 0 Å². The number of ketones is 1. The van der Waals surface area contributed by atoms with Gasteiger partial charge in [0.25, 0.3) is 0 Å². The van der Waals surface area contributed by atoms with Gasteiger partial charge in [0.05, 0.1) is 6.04 Å². The number of hydrogen-bond acceptors (Lipinski definition) is 6. The third-order valence-electron chi connectivity index (χ3n) is 7.46. The van der Waals surface area contributed by atoms with Crippen LogP contribution in [0.2, 0.25) is 0 Å². The number of benzene rings is 1. The van der Waals surface area contributed by atoms with Crippen LogP contribution in [0.25, 0.3) is 0 Å². The highest BCUT2D eigenvalue weighted by Gasteiger charge is 2.42. The number of likely N-dealkylation sites (tertiary alicyclic amines) is 1. The second-order valence-electron chi connectivity index (χ2n) is 11.7. The summed E-state index contributed by atoms with van der Waals surface area (Å²) in [5.74, 6) is -0.951. The first-order valence-corrected chi connectivity index (χ1v) is 13.8. The van der Waals surface area contributed by atoms with Gasteiger partial charge in [-0.05, 0) is 43.1 Å². The van der Waals surface area contributed by atoms with Crippen molar-refractivity contribution in [3.8, 4) is 0 Å². The number of rotatable bonds is 11. The van der Waals surface area contributed by atoms with E-state index >= 15 is 0 Å². The van der Waals surface area contributed by atoms with Gasteiger partial charge in [0, 0.05) is 6.54 Å². The van der Waals surface area contributed by atoms with E-state index in [1.165, 1.54) is 11.8 Å². The molecule has 0 radical (unpaired) electrons. The Morgan fingerprint density at radius 2 is 1.69 bits per heavy atom. The van der Waals surface area contributed by atoms with Crippen LogP contribution in [0, 0.1) is 11.3 Å². The first kappa shape index (κ1) is 30.1. The molecule has 10 nitrogen and oxygen atoms in total. The van der Waals surface area contributed by atoms with Gasteiger partial charge in [0.1, 0.15) is 25.2 Å². The summed E-state index contributed by atoms with van der Waals surface area (Å²) >= 11 is 0. The average molecular weight is 543 g/mol. The Morgan fingerprint density at radius 3 is 2.28 bits per heavy atom. The van der Waals surface area contributed by atoms with E-state index in [1.807, 2.05) is 51.1 Å². The fourth-order valence-corrected chi connectivity index (χ4v) is 4.90. The van der Waals surface area contributed by atoms with E-state index in [0.717, 1.165) is 24.8 Å². The molecule has 3 N–H and O–H groups in total. The molecule has 1 saturated carbocycles. The van der Waals surface area contributed by atoms with Crippen molar-refractivity contribution in [2.75, 3.05) is 13.1 Å². The number of hydrogen-bond donors (Lipinski definition) is 3. The van der Waals surface area contributed by atoms with Crippen LogP contribution in [0.15, 0.2) is 30.3 Å². The number of amides is 4. The molecular weight excluding hydrogens is 500 g/mol. The molecule has 1 aliphatic heterocycles. The zero-order chi connectivity index (χ0) is 28.6. The maximum atomic E-state index is 13.6. The number of carbonyl (C=O) groups excluding carboxylic acids is 5. The molecule has 3 atom stereocenters. The van der Waals surface area contributed by atoms with Crippen molar-refractivity contribution in [1.82, 2.24) is 20.9 Å². The zero-order valence-electron chi connectivity index (χ0n) is 23.5. The normalized spacial score (nSPS) is 18.9. The molecule has 4 amide bonds. The van der Waals surface area contributed by atoms with Gasteiger partial charge in [-0.2, -0.15) is 0 Å². The Labute approximate surface area is 230 Å². The molecule has 0 bridgehead atoms. The quantitative estimate of drug-likeness (QED) is 0.368. The minimum atomic E-state index is -0.940. The molecule has 2 fully saturated rings. The van der Waals surface area contributed by atoms with Gasteiger partial charge in [-0.15, -0.1) is 0 Å². The fourth-order valence-electron chi connectivity index (χ4n) is 4.90. The third-order valence-corrected chi connectivity index (χ3v) is 7.46. The summed E-state index contributed by atoms with van der Waals surface area (Å²) in [6.07, 6.45) is 5.05. The second-order valence-corrected chi connectivity index (χ2v) is 11.7. The molecule has 1 aromatic rings. The van der Waals surface area contributed by atoms with Gasteiger partial charge in [-0.25, -0.2) is 4.79 Å². The Hall–Kier alpha value is -3.43. The summed E-state index contributed by atoms with van der Waals surface area (Å²) in [7, 11) is 0. The molecule has 3 rings (SSSR count). The fraction of sp³-hybridized carbons (Fsp3) is 0.621. The Balaban J connectivity index is 1.56. The SMILES string of the molecule is CC(=O)C(CC1CCC1)NC(=O)C1CCCN1C(=O)C(NC(=O)NCC(=O)OCc1ccccc1)C(C)(C)C. The van der Waals surface area contributed by atoms with Crippen LogP contribution in [-0.4, -0.2) is 65.7 Å². The van der Waals surface area contributed by atoms with Crippen molar-refractivity contribution >= 4 is 29.6 Å². The first-order valence-electron chi connectivity index (χ1n) is 13.8. The van der Waals surface area contributed by atoms with Gasteiger partial charge in [0.15, 0.2) is 5.78 Å². The molecular formula is C29H42N4O6. The van der Waals surface area contributed by atoms with Crippen molar-refractivity contribution < 1.29 is 28.7 Å². The van der Waals surface area contributed by atoms with Gasteiger partial charge in [0.2, 0.25) is 11.8 Å². The van der Waals surface area contributed by atoms with Crippen LogP contribution in [0.1, 0.15) is 71.8 Å². The summed E-state index contributed by atoms with van der Waals surface area (Å²) < 4.78 is 5.18. The summed E-state index contributed by atoms with van der Waals surface area (Å²) in [6.45, 7) is 7.06. The predicted octanol–water partition coefficient (Wildman–Crippen LogP) is 2.70. The minimum Gasteiger partial charge on any atom is -0.460 e. The molecule has 0 aromatic heterocycles. The van der Waals surface area contributed by atoms with E-state index in [4.69, 9.17) is 4.74 Å². The number of nitrogens with zero attached hydrogens (tertiary/aromatic N) is 1. The Morgan fingerprint density at radius 1 is 1.00 bits per heavy atom. The number of ether oxygens (including phenoxy) is 1. The molecule has 1 heterocycles. The second kappa shape index (κ2) is 13.6. The molecule has 0 spiro atoms. The Kier molecular flexibility index (Phi) is 10.5. The largest absolute Gasteiger partial charge is 0.460 e. The van der Waals surface area contributed by atoms with E-state index < -0.39 is 35.5 Å². The topological polar surface area (TPSA) is 134 Å². The van der Waals surface area contributed by atoms with E-state index in [0.29, 0.717) is 31.7 Å². The zero-order valence-corrected chi connectivity index (χ0v) is 23.5. The van der Waals surface area contributed by atoms with E-state index in [2.05, 4.69) is 16.0 Å². The lowest BCUT2D eigenvalue weighted by Crippen LogP contribution is -2.60. The predicted molar refractivity (Wildman–Crippen MR) is 145 cm³/mol. The molecule has 1 aromatic carbocycles. The standard InChI is InChI=1S/C29H42N4O6/c1-19(34)22(16-20-12-8-13-20)31-26(36)23-14-9-15-33(23)27(37)25(29(2,3)4)32-28(38)30-17-24(35)39-18-21-10-6-5-7-11-21/h5-7,10-11,20,22-23,25H,8-9,12-18H2,1-4H3,(H,31,36)(H2,30,32,38). The van der Waals surface area contributed by atoms with Crippen molar-refractivity contribution in [1.29, 1.82) is 0 Å². The molecule has 1 saturated heterocycles. The highest BCUT2D eigenvalue weighted by Crippen LogP contribution is 2.31. The first-order chi connectivity index (χ1) is 18.5. The van der Waals surface area contributed by atoms with Crippen LogP contribution in [-0.2, 0) is 30.5 Å². The van der Waals surface area contributed by atoms with Gasteiger partial charge in [-0.3, -0.25) is 19.2 Å². The van der Waals surface area contributed by atoms with E-state index in [-0.39, 0.29) is 30.7 Å². The molecule has 214 valence electrons. The van der Waals surface area contributed by atoms with Crippen LogP contribution in [0.3, 0.4) is 0 Å². The molecule has 1 aliphatic carbocycles. The molecule has 10 heteroatoms. The van der Waals surface area contributed by atoms with Gasteiger partial charge in [-0.1, -0.05) is 70.4 Å². The van der Waals surface area contributed by atoms with Gasteiger partial charge < -0.3 is 25.6 Å². The van der Waals surface area contributed by atoms with Crippen molar-refractivity contribution in [2.45, 2.75) is 91.0 Å². The average Bonchev–Trinajstić information content (AvgIpc) is 3.35. The highest BCUT2D eigenvalue weighted by molar-refractivity contribution is 5.95. The maximum absolute atomic E-state index is 13.6. The number of carbonyl (C=O) groups is 5. The van der Waals surface area contributed by atoms with E-state index in [1.54, 1.807) is 0 Å². The smallest absolute Gasteiger partial charge is 0.325 e. The lowest BCUT2D eigenvalue weighted by atomic mass is 9.80. The molecule has 3 unspecified atom stereocenters. The maximum Gasteiger partial charge on any atom is 0.325 e.